The van der Waals surface area contributed by atoms with E-state index in [0.717, 1.165) is 12.2 Å². The van der Waals surface area contributed by atoms with Crippen molar-refractivity contribution in [1.29, 1.82) is 0 Å². The fourth-order valence-corrected chi connectivity index (χ4v) is 4.51. The van der Waals surface area contributed by atoms with Crippen LogP contribution in [-0.4, -0.2) is 22.7 Å². The summed E-state index contributed by atoms with van der Waals surface area (Å²) in [5, 5.41) is 4.94. The molecule has 0 saturated carbocycles. The number of hydrogen-bond acceptors (Lipinski definition) is 2. The highest BCUT2D eigenvalue weighted by Crippen LogP contribution is 2.27. The van der Waals surface area contributed by atoms with Crippen molar-refractivity contribution < 1.29 is 0 Å². The summed E-state index contributed by atoms with van der Waals surface area (Å²) in [6.07, 6.45) is 8.88. The zero-order valence-corrected chi connectivity index (χ0v) is 23.2. The van der Waals surface area contributed by atoms with Crippen LogP contribution in [0, 0.1) is 0 Å². The van der Waals surface area contributed by atoms with Gasteiger partial charge in [-0.05, 0) is 64.1 Å². The van der Waals surface area contributed by atoms with Crippen LogP contribution in [0.25, 0.3) is 16.5 Å². The third kappa shape index (κ3) is 5.64. The number of nitrogens with zero attached hydrogens (tertiary/aromatic N) is 2. The number of benzene rings is 3. The topological polar surface area (TPSA) is 20.2 Å². The Morgan fingerprint density at radius 2 is 1.63 bits per heavy atom. The third-order valence-electron chi connectivity index (χ3n) is 6.63. The van der Waals surface area contributed by atoms with Crippen LogP contribution in [0.3, 0.4) is 0 Å². The second kappa shape index (κ2) is 10.3. The highest BCUT2D eigenvalue weighted by atomic mass is 127. The van der Waals surface area contributed by atoms with E-state index in [0.29, 0.717) is 0 Å². The summed E-state index contributed by atoms with van der Waals surface area (Å²) in [7, 11) is 2.10. The summed E-state index contributed by atoms with van der Waals surface area (Å²) >= 11 is 0. The maximum atomic E-state index is 3.69. The van der Waals surface area contributed by atoms with Crippen LogP contribution in [0.4, 0.5) is 5.69 Å². The van der Waals surface area contributed by atoms with Gasteiger partial charge in [0.25, 0.3) is 0 Å². The number of fused-ring (bicyclic) bond motifs is 1. The zero-order valence-electron chi connectivity index (χ0n) is 20.9. The van der Waals surface area contributed by atoms with Gasteiger partial charge in [0.05, 0.1) is 0 Å². The van der Waals surface area contributed by atoms with Gasteiger partial charge < -0.3 is 14.8 Å². The minimum absolute atomic E-state index is 0. The van der Waals surface area contributed by atoms with E-state index in [1.54, 1.807) is 0 Å². The average molecular weight is 576 g/mol. The molecular weight excluding hydrogens is 541 g/mol. The second-order valence-electron chi connectivity index (χ2n) is 10.2. The van der Waals surface area contributed by atoms with Gasteiger partial charge in [-0.15, -0.1) is 24.0 Å². The Hall–Kier alpha value is -2.99. The molecule has 1 aromatic heterocycles. The minimum Gasteiger partial charge on any atom is -0.362 e. The molecule has 0 fully saturated rings. The quantitative estimate of drug-likeness (QED) is 0.244. The highest BCUT2D eigenvalue weighted by Gasteiger charge is 2.16. The molecule has 2 heterocycles. The number of hydrogen-bond donors (Lipinski definition) is 1. The van der Waals surface area contributed by atoms with Crippen LogP contribution in [-0.2, 0) is 12.0 Å². The monoisotopic (exact) mass is 575 g/mol. The number of nitrogens with one attached hydrogen (secondary N) is 1. The van der Waals surface area contributed by atoms with Gasteiger partial charge in [-0.25, -0.2) is 0 Å². The summed E-state index contributed by atoms with van der Waals surface area (Å²) < 4.78 is 2.33. The summed E-state index contributed by atoms with van der Waals surface area (Å²) in [6.45, 7) is 7.65. The Morgan fingerprint density at radius 3 is 2.34 bits per heavy atom. The van der Waals surface area contributed by atoms with Crippen LogP contribution in [0.15, 0.2) is 103 Å². The van der Waals surface area contributed by atoms with E-state index in [4.69, 9.17) is 0 Å². The first-order valence-corrected chi connectivity index (χ1v) is 12.0. The number of anilines is 1. The number of halogens is 1. The minimum atomic E-state index is 0. The van der Waals surface area contributed by atoms with Crippen LogP contribution in [0.2, 0.25) is 0 Å². The van der Waals surface area contributed by atoms with E-state index in [1.807, 2.05) is 0 Å². The zero-order chi connectivity index (χ0) is 23.7. The summed E-state index contributed by atoms with van der Waals surface area (Å²) in [6, 6.07) is 28.4. The molecule has 0 aliphatic carbocycles. The molecule has 1 atom stereocenters. The molecular formula is C31H34IN3. The standard InChI is InChI=1S/C31H33N3.HI/c1-31(2,3)27-12-10-23(11-13-27)22-34-19-17-26-20-28(14-15-29(26)34)32-30-21-25(16-18-33(30)4)24-8-6-5-7-9-24;/h5-21,30,32H,22H2,1-4H3;1H. The summed E-state index contributed by atoms with van der Waals surface area (Å²) in [5.41, 5.74) is 7.72. The van der Waals surface area contributed by atoms with E-state index < -0.39 is 0 Å². The van der Waals surface area contributed by atoms with Gasteiger partial charge >= 0.3 is 0 Å². The molecule has 3 nitrogen and oxygen atoms in total. The number of rotatable bonds is 5. The molecule has 35 heavy (non-hydrogen) atoms. The fourth-order valence-electron chi connectivity index (χ4n) is 4.51. The van der Waals surface area contributed by atoms with Crippen LogP contribution in [0.5, 0.6) is 0 Å². The molecule has 5 rings (SSSR count). The average Bonchev–Trinajstić information content (AvgIpc) is 3.23. The molecule has 4 heteroatoms. The Morgan fingerprint density at radius 1 is 0.886 bits per heavy atom. The Balaban J connectivity index is 0.00000289. The lowest BCUT2D eigenvalue weighted by Gasteiger charge is -2.30. The molecule has 180 valence electrons. The molecule has 0 amide bonds. The fraction of sp³-hybridized carbons (Fsp3) is 0.226. The van der Waals surface area contributed by atoms with Gasteiger partial charge in [-0.2, -0.15) is 0 Å². The lowest BCUT2D eigenvalue weighted by atomic mass is 9.87. The molecule has 0 saturated heterocycles. The van der Waals surface area contributed by atoms with Crippen LogP contribution in [0.1, 0.15) is 37.5 Å². The SMILES string of the molecule is CN1C=CC(c2ccccc2)=CC1Nc1ccc2c(ccn2Cc2ccc(C(C)(C)C)cc2)c1.I. The lowest BCUT2D eigenvalue weighted by molar-refractivity contribution is 0.413. The normalized spacial score (nSPS) is 15.6. The van der Waals surface area contributed by atoms with Gasteiger partial charge in [-0.3, -0.25) is 0 Å². The van der Waals surface area contributed by atoms with Gasteiger partial charge in [-0.1, -0.05) is 75.4 Å². The number of allylic oxidation sites excluding steroid dienone is 2. The molecule has 1 aliphatic rings. The van der Waals surface area contributed by atoms with E-state index in [1.165, 1.54) is 33.2 Å². The predicted molar refractivity (Wildman–Crippen MR) is 160 cm³/mol. The van der Waals surface area contributed by atoms with E-state index in [-0.39, 0.29) is 35.6 Å². The van der Waals surface area contributed by atoms with Crippen LogP contribution < -0.4 is 5.32 Å². The molecule has 1 aliphatic heterocycles. The van der Waals surface area contributed by atoms with E-state index in [2.05, 4.69) is 146 Å². The highest BCUT2D eigenvalue weighted by molar-refractivity contribution is 14.0. The van der Waals surface area contributed by atoms with Gasteiger partial charge in [0.2, 0.25) is 0 Å². The first-order chi connectivity index (χ1) is 16.4. The maximum Gasteiger partial charge on any atom is 0.119 e. The largest absolute Gasteiger partial charge is 0.362 e. The van der Waals surface area contributed by atoms with Crippen molar-refractivity contribution in [3.05, 3.63) is 120 Å². The van der Waals surface area contributed by atoms with Gasteiger partial charge in [0.15, 0.2) is 0 Å². The van der Waals surface area contributed by atoms with Crippen molar-refractivity contribution >= 4 is 46.1 Å². The number of likely N-dealkylation sites (N-methyl/N-ethyl adjacent to an activating group) is 1. The first kappa shape index (κ1) is 25.1. The second-order valence-corrected chi connectivity index (χ2v) is 10.2. The lowest BCUT2D eigenvalue weighted by Crippen LogP contribution is -2.34. The third-order valence-corrected chi connectivity index (χ3v) is 6.63. The smallest absolute Gasteiger partial charge is 0.119 e. The Labute approximate surface area is 226 Å². The Kier molecular flexibility index (Phi) is 7.41. The number of aromatic nitrogens is 1. The van der Waals surface area contributed by atoms with Crippen molar-refractivity contribution in [2.45, 2.75) is 38.9 Å². The molecule has 3 aromatic carbocycles. The predicted octanol–water partition coefficient (Wildman–Crippen LogP) is 7.89. The molecule has 4 aromatic rings. The van der Waals surface area contributed by atoms with Gasteiger partial charge in [0.1, 0.15) is 6.17 Å². The van der Waals surface area contributed by atoms with E-state index in [9.17, 15) is 0 Å². The van der Waals surface area contributed by atoms with E-state index >= 15 is 0 Å². The molecule has 1 unspecified atom stereocenters. The first-order valence-electron chi connectivity index (χ1n) is 12.0. The van der Waals surface area contributed by atoms with Crippen molar-refractivity contribution in [3.63, 3.8) is 0 Å². The summed E-state index contributed by atoms with van der Waals surface area (Å²) in [4.78, 5) is 2.20. The molecule has 0 spiro atoms. The van der Waals surface area contributed by atoms with Crippen molar-refractivity contribution in [2.75, 3.05) is 12.4 Å². The van der Waals surface area contributed by atoms with Gasteiger partial charge in [0, 0.05) is 42.6 Å². The van der Waals surface area contributed by atoms with Crippen molar-refractivity contribution in [2.24, 2.45) is 0 Å². The van der Waals surface area contributed by atoms with Crippen molar-refractivity contribution in [1.82, 2.24) is 9.47 Å². The summed E-state index contributed by atoms with van der Waals surface area (Å²) in [5.74, 6) is 0. The molecule has 1 N–H and O–H groups in total. The molecule has 0 bridgehead atoms. The maximum absolute atomic E-state index is 3.69. The molecule has 0 radical (unpaired) electrons. The van der Waals surface area contributed by atoms with Crippen molar-refractivity contribution in [3.8, 4) is 0 Å². The van der Waals surface area contributed by atoms with Crippen LogP contribution >= 0.6 is 24.0 Å². The Bertz CT molecular complexity index is 1340.